The molecule has 0 bridgehead atoms. The Morgan fingerprint density at radius 1 is 1.67 bits per heavy atom. The van der Waals surface area contributed by atoms with Crippen LogP contribution in [0.2, 0.25) is 0 Å². The van der Waals surface area contributed by atoms with Gasteiger partial charge in [0.2, 0.25) is 0 Å². The average Bonchev–Trinajstić information content (AvgIpc) is 2.05. The second-order valence-electron chi connectivity index (χ2n) is 2.09. The number of ether oxygens (including phenoxy) is 1. The molecule has 4 nitrogen and oxygen atoms in total. The summed E-state index contributed by atoms with van der Waals surface area (Å²) < 4.78 is 24.8. The molecule has 0 aliphatic rings. The van der Waals surface area contributed by atoms with Crippen LogP contribution in [0.5, 0.6) is 11.5 Å². The molecule has 0 aromatic heterocycles. The van der Waals surface area contributed by atoms with Gasteiger partial charge in [0, 0.05) is 0 Å². The number of aromatic hydroxyl groups is 1. The van der Waals surface area contributed by atoms with Gasteiger partial charge in [0.15, 0.2) is 11.5 Å². The minimum Gasteiger partial charge on any atom is -0.504 e. The van der Waals surface area contributed by atoms with Crippen molar-refractivity contribution in [3.8, 4) is 11.5 Å². The van der Waals surface area contributed by atoms with E-state index >= 15 is 0 Å². The Hall–Kier alpha value is -1.71. The first-order valence-corrected chi connectivity index (χ1v) is 3.05. The van der Waals surface area contributed by atoms with Crippen molar-refractivity contribution in [2.45, 2.75) is 0 Å². The molecule has 64 valence electrons. The summed E-state index contributed by atoms with van der Waals surface area (Å²) in [4.78, 5) is 10.5. The van der Waals surface area contributed by atoms with Crippen molar-refractivity contribution in [3.05, 3.63) is 23.8 Å². The zero-order chi connectivity index (χ0) is 11.6. The van der Waals surface area contributed by atoms with Gasteiger partial charge in [0.25, 0.3) is 0 Å². The molecule has 0 unspecified atom stereocenters. The number of hydrogen-bond acceptors (Lipinski definition) is 3. The Balaban J connectivity index is 2.99. The fourth-order valence-electron chi connectivity index (χ4n) is 0.737. The van der Waals surface area contributed by atoms with Gasteiger partial charge in [-0.05, 0) is 18.2 Å². The molecule has 0 aliphatic carbocycles. The molecular formula is C8H8O4. The zero-order valence-corrected chi connectivity index (χ0v) is 5.94. The molecule has 0 saturated carbocycles. The number of phenolic OH excluding ortho intramolecular Hbond substituents is 1. The van der Waals surface area contributed by atoms with E-state index < -0.39 is 18.8 Å². The smallest absolute Gasteiger partial charge is 0.335 e. The zero-order valence-electron chi connectivity index (χ0n) is 8.94. The highest BCUT2D eigenvalue weighted by atomic mass is 16.5. The van der Waals surface area contributed by atoms with Crippen LogP contribution in [0.4, 0.5) is 0 Å². The Labute approximate surface area is 73.2 Å². The van der Waals surface area contributed by atoms with Gasteiger partial charge in [-0.15, -0.1) is 0 Å². The number of aromatic carboxylic acids is 1. The van der Waals surface area contributed by atoms with E-state index in [4.69, 9.17) is 9.22 Å². The van der Waals surface area contributed by atoms with Crippen molar-refractivity contribution in [2.24, 2.45) is 0 Å². The highest BCUT2D eigenvalue weighted by Crippen LogP contribution is 2.25. The molecular weight excluding hydrogens is 160 g/mol. The summed E-state index contributed by atoms with van der Waals surface area (Å²) in [5.74, 6) is -2.02. The molecule has 1 aromatic carbocycles. The predicted octanol–water partition coefficient (Wildman–Crippen LogP) is 1.10. The molecule has 1 aromatic rings. The van der Waals surface area contributed by atoms with Crippen LogP contribution in [0.3, 0.4) is 0 Å². The number of rotatable bonds is 2. The molecule has 1 rings (SSSR count). The van der Waals surface area contributed by atoms with Crippen LogP contribution in [-0.4, -0.2) is 23.2 Å². The maximum absolute atomic E-state index is 10.5. The van der Waals surface area contributed by atoms with Crippen LogP contribution in [-0.2, 0) is 0 Å². The maximum atomic E-state index is 10.5. The maximum Gasteiger partial charge on any atom is 0.335 e. The number of methoxy groups -OCH3 is 1. The molecule has 12 heavy (non-hydrogen) atoms. The van der Waals surface area contributed by atoms with Gasteiger partial charge in [-0.1, -0.05) is 0 Å². The quantitative estimate of drug-likeness (QED) is 0.699. The first-order chi connectivity index (χ1) is 6.79. The Morgan fingerprint density at radius 3 is 2.92 bits per heavy atom. The summed E-state index contributed by atoms with van der Waals surface area (Å²) in [6, 6.07) is 3.15. The Bertz CT molecular complexity index is 386. The summed E-state index contributed by atoms with van der Waals surface area (Å²) in [7, 11) is -2.68. The van der Waals surface area contributed by atoms with Gasteiger partial charge in [0.05, 0.1) is 16.7 Å². The van der Waals surface area contributed by atoms with Crippen LogP contribution in [0.1, 0.15) is 14.5 Å². The summed E-state index contributed by atoms with van der Waals surface area (Å²) in [6.07, 6.45) is 0. The second-order valence-corrected chi connectivity index (χ2v) is 2.09. The third-order valence-electron chi connectivity index (χ3n) is 1.32. The van der Waals surface area contributed by atoms with E-state index in [0.29, 0.717) is 0 Å². The largest absolute Gasteiger partial charge is 0.504 e. The SMILES string of the molecule is [2H]C([2H])([2H])Oc1ccc(C(=O)O)cc1O. The lowest BCUT2D eigenvalue weighted by Gasteiger charge is -2.02. The van der Waals surface area contributed by atoms with Crippen molar-refractivity contribution in [1.29, 1.82) is 0 Å². The molecule has 0 spiro atoms. The standard InChI is InChI=1S/C8H8O4/c1-12-7-3-2-5(8(10)11)4-6(7)9/h2-4,9H,1H3,(H,10,11)/i1D3. The highest BCUT2D eigenvalue weighted by Gasteiger charge is 2.06. The van der Waals surface area contributed by atoms with E-state index in [2.05, 4.69) is 4.74 Å². The van der Waals surface area contributed by atoms with Crippen LogP contribution >= 0.6 is 0 Å². The minimum atomic E-state index is -2.68. The predicted molar refractivity (Wildman–Crippen MR) is 41.6 cm³/mol. The molecule has 2 N–H and O–H groups in total. The second kappa shape index (κ2) is 3.13. The molecule has 0 heterocycles. The third kappa shape index (κ3) is 1.47. The van der Waals surface area contributed by atoms with Gasteiger partial charge < -0.3 is 14.9 Å². The van der Waals surface area contributed by atoms with Gasteiger partial charge >= 0.3 is 5.97 Å². The third-order valence-corrected chi connectivity index (χ3v) is 1.32. The summed E-state index contributed by atoms with van der Waals surface area (Å²) in [5.41, 5.74) is -0.148. The number of phenols is 1. The van der Waals surface area contributed by atoms with Gasteiger partial charge in [-0.25, -0.2) is 4.79 Å². The lowest BCUT2D eigenvalue weighted by atomic mass is 10.2. The molecule has 4 heteroatoms. The molecule has 0 fully saturated rings. The minimum absolute atomic E-state index is 0.148. The number of hydrogen-bond donors (Lipinski definition) is 2. The van der Waals surface area contributed by atoms with Gasteiger partial charge in [0.1, 0.15) is 0 Å². The van der Waals surface area contributed by atoms with Crippen LogP contribution in [0, 0.1) is 0 Å². The Kier molecular flexibility index (Phi) is 1.31. The van der Waals surface area contributed by atoms with E-state index in [1.807, 2.05) is 0 Å². The molecule has 0 saturated heterocycles. The first-order valence-electron chi connectivity index (χ1n) is 4.55. The normalized spacial score (nSPS) is 14.2. The fraction of sp³-hybridized carbons (Fsp3) is 0.125. The Morgan fingerprint density at radius 2 is 2.42 bits per heavy atom. The molecule has 0 aliphatic heterocycles. The van der Waals surface area contributed by atoms with Crippen molar-refractivity contribution in [2.75, 3.05) is 7.04 Å². The van der Waals surface area contributed by atoms with Crippen molar-refractivity contribution < 1.29 is 23.9 Å². The van der Waals surface area contributed by atoms with E-state index in [-0.39, 0.29) is 11.3 Å². The fourth-order valence-corrected chi connectivity index (χ4v) is 0.737. The van der Waals surface area contributed by atoms with E-state index in [1.165, 1.54) is 0 Å². The van der Waals surface area contributed by atoms with Gasteiger partial charge in [-0.2, -0.15) is 0 Å². The monoisotopic (exact) mass is 171 g/mol. The van der Waals surface area contributed by atoms with E-state index in [9.17, 15) is 9.90 Å². The van der Waals surface area contributed by atoms with Crippen LogP contribution in [0.15, 0.2) is 18.2 Å². The van der Waals surface area contributed by atoms with Crippen LogP contribution < -0.4 is 4.74 Å². The molecule has 0 atom stereocenters. The molecule has 0 amide bonds. The lowest BCUT2D eigenvalue weighted by molar-refractivity contribution is 0.0696. The molecule has 0 radical (unpaired) electrons. The van der Waals surface area contributed by atoms with Crippen molar-refractivity contribution in [1.82, 2.24) is 0 Å². The topological polar surface area (TPSA) is 66.8 Å². The summed E-state index contributed by atoms with van der Waals surface area (Å²) in [5, 5.41) is 17.8. The first kappa shape index (κ1) is 5.03. The average molecular weight is 171 g/mol. The highest BCUT2D eigenvalue weighted by molar-refractivity contribution is 5.88. The van der Waals surface area contributed by atoms with Gasteiger partial charge in [-0.3, -0.25) is 0 Å². The number of carbonyl (C=O) groups is 1. The lowest BCUT2D eigenvalue weighted by Crippen LogP contribution is -1.95. The number of benzene rings is 1. The van der Waals surface area contributed by atoms with E-state index in [0.717, 1.165) is 18.2 Å². The summed E-state index contributed by atoms with van der Waals surface area (Å²) in [6.45, 7) is 0. The number of carboxylic acid groups (broad SMARTS) is 1. The summed E-state index contributed by atoms with van der Waals surface area (Å²) >= 11 is 0. The van der Waals surface area contributed by atoms with Crippen molar-refractivity contribution in [3.63, 3.8) is 0 Å². The number of carboxylic acids is 1. The van der Waals surface area contributed by atoms with E-state index in [1.54, 1.807) is 0 Å². The van der Waals surface area contributed by atoms with Crippen molar-refractivity contribution >= 4 is 5.97 Å². The van der Waals surface area contributed by atoms with Crippen LogP contribution in [0.25, 0.3) is 0 Å².